The van der Waals surface area contributed by atoms with Gasteiger partial charge in [-0.05, 0) is 23.6 Å². The van der Waals surface area contributed by atoms with Crippen molar-refractivity contribution in [3.8, 4) is 10.6 Å². The quantitative estimate of drug-likeness (QED) is 0.644. The van der Waals surface area contributed by atoms with Gasteiger partial charge in [-0.15, -0.1) is 22.7 Å². The number of carbonyl (C=O) groups excluding carboxylic acids is 1. The zero-order valence-corrected chi connectivity index (χ0v) is 16.5. The Morgan fingerprint density at radius 3 is 2.62 bits per heavy atom. The first kappa shape index (κ1) is 17.7. The van der Waals surface area contributed by atoms with Crippen molar-refractivity contribution in [1.82, 2.24) is 14.8 Å². The Morgan fingerprint density at radius 1 is 1.08 bits per heavy atom. The molecular formula is C19H18ClN3OS2. The van der Waals surface area contributed by atoms with Gasteiger partial charge in [-0.1, -0.05) is 29.8 Å². The maximum Gasteiger partial charge on any atom is 0.255 e. The highest BCUT2D eigenvalue weighted by molar-refractivity contribution is 7.14. The largest absolute Gasteiger partial charge is 0.336 e. The molecule has 1 aliphatic rings. The fourth-order valence-corrected chi connectivity index (χ4v) is 4.84. The highest BCUT2D eigenvalue weighted by Gasteiger charge is 2.24. The molecule has 2 aromatic heterocycles. The van der Waals surface area contributed by atoms with E-state index in [9.17, 15) is 4.79 Å². The highest BCUT2D eigenvalue weighted by atomic mass is 35.5. The molecule has 0 spiro atoms. The summed E-state index contributed by atoms with van der Waals surface area (Å²) < 4.78 is 0. The summed E-state index contributed by atoms with van der Waals surface area (Å²) in [6, 6.07) is 11.4. The van der Waals surface area contributed by atoms with Crippen LogP contribution >= 0.6 is 34.3 Å². The van der Waals surface area contributed by atoms with Crippen molar-refractivity contribution < 1.29 is 4.79 Å². The fourth-order valence-electron chi connectivity index (χ4n) is 3.03. The van der Waals surface area contributed by atoms with Crippen LogP contribution in [0.25, 0.3) is 10.6 Å². The van der Waals surface area contributed by atoms with Gasteiger partial charge in [-0.2, -0.15) is 0 Å². The van der Waals surface area contributed by atoms with Crippen LogP contribution in [-0.4, -0.2) is 46.9 Å². The molecular weight excluding hydrogens is 386 g/mol. The number of rotatable bonds is 4. The van der Waals surface area contributed by atoms with E-state index in [0.29, 0.717) is 23.7 Å². The van der Waals surface area contributed by atoms with Crippen LogP contribution in [0.1, 0.15) is 15.4 Å². The number of carbonyl (C=O) groups is 1. The standard InChI is InChI=1S/C19H18ClN3OS2/c20-15-5-2-1-4-14(15)19(24)23-9-7-22(8-10-23)12-18-21-16(13-26-18)17-6-3-11-25-17/h1-6,11,13H,7-10,12H2. The van der Waals surface area contributed by atoms with Crippen LogP contribution in [0.3, 0.4) is 0 Å². The Bertz CT molecular complexity index is 886. The van der Waals surface area contributed by atoms with E-state index in [2.05, 4.69) is 21.7 Å². The SMILES string of the molecule is O=C(c1ccccc1Cl)N1CCN(Cc2nc(-c3cccs3)cs2)CC1. The van der Waals surface area contributed by atoms with Gasteiger partial charge in [0.05, 0.1) is 27.7 Å². The van der Waals surface area contributed by atoms with Crippen LogP contribution in [0.2, 0.25) is 5.02 Å². The number of thiophene rings is 1. The molecule has 26 heavy (non-hydrogen) atoms. The van der Waals surface area contributed by atoms with Gasteiger partial charge in [0.25, 0.3) is 5.91 Å². The average Bonchev–Trinajstić information content (AvgIpc) is 3.34. The monoisotopic (exact) mass is 403 g/mol. The number of hydrogen-bond donors (Lipinski definition) is 0. The van der Waals surface area contributed by atoms with E-state index in [1.165, 1.54) is 4.88 Å². The number of thiazole rings is 1. The second-order valence-electron chi connectivity index (χ2n) is 6.15. The zero-order chi connectivity index (χ0) is 17.9. The Hall–Kier alpha value is -1.73. The molecule has 4 nitrogen and oxygen atoms in total. The molecule has 1 aliphatic heterocycles. The molecule has 7 heteroatoms. The third-order valence-corrected chi connectivity index (χ3v) is 6.50. The second kappa shape index (κ2) is 7.88. The number of benzene rings is 1. The molecule has 0 radical (unpaired) electrons. The summed E-state index contributed by atoms with van der Waals surface area (Å²) in [6.45, 7) is 3.97. The van der Waals surface area contributed by atoms with Gasteiger partial charge in [0.2, 0.25) is 0 Å². The Kier molecular flexibility index (Phi) is 5.36. The number of nitrogens with zero attached hydrogens (tertiary/aromatic N) is 3. The van der Waals surface area contributed by atoms with Crippen LogP contribution in [-0.2, 0) is 6.54 Å². The smallest absolute Gasteiger partial charge is 0.255 e. The van der Waals surface area contributed by atoms with E-state index in [0.717, 1.165) is 30.3 Å². The minimum Gasteiger partial charge on any atom is -0.336 e. The minimum absolute atomic E-state index is 0.0180. The molecule has 3 aromatic rings. The second-order valence-corrected chi connectivity index (χ2v) is 8.45. The first-order chi connectivity index (χ1) is 12.7. The van der Waals surface area contributed by atoms with E-state index < -0.39 is 0 Å². The van der Waals surface area contributed by atoms with Crippen molar-refractivity contribution >= 4 is 40.2 Å². The van der Waals surface area contributed by atoms with Crippen molar-refractivity contribution in [2.45, 2.75) is 6.54 Å². The van der Waals surface area contributed by atoms with Crippen molar-refractivity contribution in [2.75, 3.05) is 26.2 Å². The average molecular weight is 404 g/mol. The minimum atomic E-state index is 0.0180. The third-order valence-electron chi connectivity index (χ3n) is 4.45. The molecule has 1 fully saturated rings. The summed E-state index contributed by atoms with van der Waals surface area (Å²) >= 11 is 9.57. The molecule has 0 unspecified atom stereocenters. The summed E-state index contributed by atoms with van der Waals surface area (Å²) in [7, 11) is 0. The topological polar surface area (TPSA) is 36.4 Å². The molecule has 0 aliphatic carbocycles. The van der Waals surface area contributed by atoms with Gasteiger partial charge < -0.3 is 4.90 Å². The molecule has 0 saturated carbocycles. The lowest BCUT2D eigenvalue weighted by Gasteiger charge is -2.34. The normalized spacial score (nSPS) is 15.3. The summed E-state index contributed by atoms with van der Waals surface area (Å²) in [4.78, 5) is 22.8. The zero-order valence-electron chi connectivity index (χ0n) is 14.1. The first-order valence-electron chi connectivity index (χ1n) is 8.45. The van der Waals surface area contributed by atoms with Crippen LogP contribution in [0.4, 0.5) is 0 Å². The predicted octanol–water partition coefficient (Wildman–Crippen LogP) is 4.48. The number of hydrogen-bond acceptors (Lipinski definition) is 5. The van der Waals surface area contributed by atoms with Gasteiger partial charge in [0.15, 0.2) is 0 Å². The molecule has 1 amide bonds. The number of piperazine rings is 1. The van der Waals surface area contributed by atoms with Crippen LogP contribution in [0, 0.1) is 0 Å². The Balaban J connectivity index is 1.34. The Morgan fingerprint density at radius 2 is 1.88 bits per heavy atom. The fraction of sp³-hybridized carbons (Fsp3) is 0.263. The van der Waals surface area contributed by atoms with Gasteiger partial charge in [-0.3, -0.25) is 9.69 Å². The van der Waals surface area contributed by atoms with Crippen molar-refractivity contribution in [3.05, 3.63) is 62.8 Å². The maximum atomic E-state index is 12.6. The molecule has 0 atom stereocenters. The molecule has 0 bridgehead atoms. The lowest BCUT2D eigenvalue weighted by atomic mass is 10.2. The van der Waals surface area contributed by atoms with Gasteiger partial charge in [-0.25, -0.2) is 4.98 Å². The van der Waals surface area contributed by atoms with Gasteiger partial charge in [0, 0.05) is 31.6 Å². The number of aromatic nitrogens is 1. The van der Waals surface area contributed by atoms with Gasteiger partial charge in [0.1, 0.15) is 5.01 Å². The van der Waals surface area contributed by atoms with Crippen molar-refractivity contribution in [1.29, 1.82) is 0 Å². The summed E-state index contributed by atoms with van der Waals surface area (Å²) in [5.74, 6) is 0.0180. The molecule has 3 heterocycles. The van der Waals surface area contributed by atoms with Crippen LogP contribution < -0.4 is 0 Å². The first-order valence-corrected chi connectivity index (χ1v) is 10.6. The van der Waals surface area contributed by atoms with E-state index >= 15 is 0 Å². The van der Waals surface area contributed by atoms with Crippen molar-refractivity contribution in [2.24, 2.45) is 0 Å². The van der Waals surface area contributed by atoms with Crippen LogP contribution in [0.15, 0.2) is 47.2 Å². The van der Waals surface area contributed by atoms with Gasteiger partial charge >= 0.3 is 0 Å². The number of amides is 1. The summed E-state index contributed by atoms with van der Waals surface area (Å²) in [6.07, 6.45) is 0. The molecule has 0 N–H and O–H groups in total. The van der Waals surface area contributed by atoms with Crippen LogP contribution in [0.5, 0.6) is 0 Å². The molecule has 1 aromatic carbocycles. The maximum absolute atomic E-state index is 12.6. The lowest BCUT2D eigenvalue weighted by Crippen LogP contribution is -2.48. The lowest BCUT2D eigenvalue weighted by molar-refractivity contribution is 0.0628. The molecule has 1 saturated heterocycles. The van der Waals surface area contributed by atoms with E-state index in [1.54, 1.807) is 34.8 Å². The van der Waals surface area contributed by atoms with E-state index in [1.807, 2.05) is 23.1 Å². The molecule has 4 rings (SSSR count). The van der Waals surface area contributed by atoms with Crippen molar-refractivity contribution in [3.63, 3.8) is 0 Å². The summed E-state index contributed by atoms with van der Waals surface area (Å²) in [5, 5.41) is 5.84. The molecule has 134 valence electrons. The predicted molar refractivity (Wildman–Crippen MR) is 108 cm³/mol. The number of halogens is 1. The highest BCUT2D eigenvalue weighted by Crippen LogP contribution is 2.27. The Labute approximate surface area is 165 Å². The summed E-state index contributed by atoms with van der Waals surface area (Å²) in [5.41, 5.74) is 1.65. The third kappa shape index (κ3) is 3.83. The van der Waals surface area contributed by atoms with E-state index in [-0.39, 0.29) is 5.91 Å². The van der Waals surface area contributed by atoms with E-state index in [4.69, 9.17) is 16.6 Å².